The zero-order valence-electron chi connectivity index (χ0n) is 11.0. The van der Waals surface area contributed by atoms with Crippen LogP contribution in [0.2, 0.25) is 0 Å². The second-order valence-electron chi connectivity index (χ2n) is 4.70. The third-order valence-corrected chi connectivity index (χ3v) is 3.13. The summed E-state index contributed by atoms with van der Waals surface area (Å²) >= 11 is 0. The number of ether oxygens (including phenoxy) is 1. The van der Waals surface area contributed by atoms with Gasteiger partial charge in [0.25, 0.3) is 5.91 Å². The molecular formula is C12H19N5O2. The van der Waals surface area contributed by atoms with Crippen molar-refractivity contribution in [3.05, 3.63) is 18.1 Å². The van der Waals surface area contributed by atoms with Crippen LogP contribution < -0.4 is 11.3 Å². The second kappa shape index (κ2) is 6.44. The average Bonchev–Trinajstić information content (AvgIpc) is 2.47. The van der Waals surface area contributed by atoms with E-state index in [0.717, 1.165) is 19.4 Å². The zero-order valence-corrected chi connectivity index (χ0v) is 11.0. The lowest BCUT2D eigenvalue weighted by Gasteiger charge is -2.26. The molecule has 1 amide bonds. The van der Waals surface area contributed by atoms with E-state index >= 15 is 0 Å². The Morgan fingerprint density at radius 3 is 3.16 bits per heavy atom. The molecule has 1 aliphatic heterocycles. The van der Waals surface area contributed by atoms with Crippen molar-refractivity contribution in [2.24, 2.45) is 11.8 Å². The Labute approximate surface area is 112 Å². The topological polar surface area (TPSA) is 93.4 Å². The standard InChI is InChI=1S/C12H19N5O2/c1-17(7-9-3-2-4-19-8-9)12(18)10-5-14-6-11(15-10)16-13/h5-6,9H,2-4,7-8,13H2,1H3,(H,15,16). The number of nitrogens with zero attached hydrogens (tertiary/aromatic N) is 3. The van der Waals surface area contributed by atoms with Crippen LogP contribution in [0.3, 0.4) is 0 Å². The molecule has 1 aliphatic rings. The fraction of sp³-hybridized carbons (Fsp3) is 0.583. The molecule has 7 heteroatoms. The van der Waals surface area contributed by atoms with Crippen LogP contribution in [0.4, 0.5) is 5.82 Å². The van der Waals surface area contributed by atoms with Gasteiger partial charge >= 0.3 is 0 Å². The maximum absolute atomic E-state index is 12.2. The highest BCUT2D eigenvalue weighted by molar-refractivity contribution is 5.92. The molecule has 0 radical (unpaired) electrons. The van der Waals surface area contributed by atoms with Crippen molar-refractivity contribution < 1.29 is 9.53 Å². The Bertz CT molecular complexity index is 434. The number of hydrogen-bond donors (Lipinski definition) is 2. The molecule has 1 aromatic heterocycles. The lowest BCUT2D eigenvalue weighted by atomic mass is 10.0. The number of nitrogens with two attached hydrogens (primary N) is 1. The Hall–Kier alpha value is -1.73. The SMILES string of the molecule is CN(CC1CCCOC1)C(=O)c1cncc(NN)n1. The van der Waals surface area contributed by atoms with Gasteiger partial charge in [-0.2, -0.15) is 0 Å². The number of amides is 1. The summed E-state index contributed by atoms with van der Waals surface area (Å²) in [4.78, 5) is 21.9. The van der Waals surface area contributed by atoms with Gasteiger partial charge in [-0.1, -0.05) is 0 Å². The van der Waals surface area contributed by atoms with E-state index in [1.165, 1.54) is 12.4 Å². The minimum atomic E-state index is -0.157. The van der Waals surface area contributed by atoms with Crippen LogP contribution in [0.5, 0.6) is 0 Å². The van der Waals surface area contributed by atoms with Crippen LogP contribution in [0.15, 0.2) is 12.4 Å². The first-order valence-electron chi connectivity index (χ1n) is 6.32. The summed E-state index contributed by atoms with van der Waals surface area (Å²) in [5.41, 5.74) is 2.66. The maximum Gasteiger partial charge on any atom is 0.273 e. The van der Waals surface area contributed by atoms with Crippen molar-refractivity contribution >= 4 is 11.7 Å². The number of hydrazine groups is 1. The first-order chi connectivity index (χ1) is 9.20. The lowest BCUT2D eigenvalue weighted by molar-refractivity contribution is 0.0386. The van der Waals surface area contributed by atoms with Gasteiger partial charge in [0.05, 0.1) is 19.0 Å². The summed E-state index contributed by atoms with van der Waals surface area (Å²) in [6, 6.07) is 0. The first-order valence-corrected chi connectivity index (χ1v) is 6.32. The molecule has 0 aromatic carbocycles. The Balaban J connectivity index is 1.97. The van der Waals surface area contributed by atoms with Gasteiger partial charge in [-0.3, -0.25) is 9.78 Å². The fourth-order valence-electron chi connectivity index (χ4n) is 2.16. The van der Waals surface area contributed by atoms with Crippen molar-refractivity contribution in [3.8, 4) is 0 Å². The second-order valence-corrected chi connectivity index (χ2v) is 4.70. The first kappa shape index (κ1) is 13.7. The maximum atomic E-state index is 12.2. The molecule has 104 valence electrons. The Kier molecular flexibility index (Phi) is 4.64. The molecule has 1 unspecified atom stereocenters. The van der Waals surface area contributed by atoms with Crippen LogP contribution >= 0.6 is 0 Å². The van der Waals surface area contributed by atoms with E-state index < -0.39 is 0 Å². The van der Waals surface area contributed by atoms with Crippen LogP contribution in [0.25, 0.3) is 0 Å². The average molecular weight is 265 g/mol. The van der Waals surface area contributed by atoms with Crippen molar-refractivity contribution in [3.63, 3.8) is 0 Å². The number of carbonyl (C=O) groups is 1. The Morgan fingerprint density at radius 2 is 2.47 bits per heavy atom. The van der Waals surface area contributed by atoms with E-state index in [2.05, 4.69) is 15.4 Å². The molecule has 1 fully saturated rings. The summed E-state index contributed by atoms with van der Waals surface area (Å²) < 4.78 is 5.41. The largest absolute Gasteiger partial charge is 0.381 e. The van der Waals surface area contributed by atoms with E-state index in [4.69, 9.17) is 10.6 Å². The lowest BCUT2D eigenvalue weighted by Crippen LogP contribution is -2.35. The highest BCUT2D eigenvalue weighted by Gasteiger charge is 2.20. The van der Waals surface area contributed by atoms with Crippen molar-refractivity contribution in [2.75, 3.05) is 32.2 Å². The van der Waals surface area contributed by atoms with Crippen LogP contribution in [0, 0.1) is 5.92 Å². The molecule has 1 saturated heterocycles. The summed E-state index contributed by atoms with van der Waals surface area (Å²) in [5, 5.41) is 0. The van der Waals surface area contributed by atoms with E-state index in [-0.39, 0.29) is 11.6 Å². The number of hydrogen-bond acceptors (Lipinski definition) is 6. The van der Waals surface area contributed by atoms with Gasteiger partial charge in [0, 0.05) is 20.2 Å². The number of aromatic nitrogens is 2. The van der Waals surface area contributed by atoms with E-state index in [1.807, 2.05) is 0 Å². The van der Waals surface area contributed by atoms with Crippen molar-refractivity contribution in [2.45, 2.75) is 12.8 Å². The van der Waals surface area contributed by atoms with Gasteiger partial charge in [-0.05, 0) is 18.8 Å². The minimum absolute atomic E-state index is 0.157. The molecule has 3 N–H and O–H groups in total. The van der Waals surface area contributed by atoms with Gasteiger partial charge in [-0.15, -0.1) is 0 Å². The molecule has 0 spiro atoms. The quantitative estimate of drug-likeness (QED) is 0.599. The number of anilines is 1. The van der Waals surface area contributed by atoms with E-state index in [1.54, 1.807) is 11.9 Å². The molecule has 0 bridgehead atoms. The summed E-state index contributed by atoms with van der Waals surface area (Å²) in [7, 11) is 1.77. The van der Waals surface area contributed by atoms with Gasteiger partial charge in [0.2, 0.25) is 0 Å². The van der Waals surface area contributed by atoms with Crippen molar-refractivity contribution in [1.29, 1.82) is 0 Å². The molecule has 1 aromatic rings. The molecule has 0 saturated carbocycles. The third-order valence-electron chi connectivity index (χ3n) is 3.13. The van der Waals surface area contributed by atoms with Gasteiger partial charge in [-0.25, -0.2) is 10.8 Å². The highest BCUT2D eigenvalue weighted by Crippen LogP contribution is 2.15. The molecular weight excluding hydrogens is 246 g/mol. The van der Waals surface area contributed by atoms with Crippen LogP contribution in [0.1, 0.15) is 23.3 Å². The fourth-order valence-corrected chi connectivity index (χ4v) is 2.16. The predicted octanol–water partition coefficient (Wildman–Crippen LogP) is 0.261. The summed E-state index contributed by atoms with van der Waals surface area (Å²) in [5.74, 6) is 5.86. The number of nitrogens with one attached hydrogen (secondary N) is 1. The molecule has 2 heterocycles. The number of carbonyl (C=O) groups excluding carboxylic acids is 1. The predicted molar refractivity (Wildman–Crippen MR) is 70.3 cm³/mol. The van der Waals surface area contributed by atoms with Gasteiger partial charge in [0.15, 0.2) is 5.82 Å². The number of nitrogen functional groups attached to an aromatic ring is 1. The van der Waals surface area contributed by atoms with Gasteiger partial charge < -0.3 is 15.1 Å². The van der Waals surface area contributed by atoms with E-state index in [9.17, 15) is 4.79 Å². The van der Waals surface area contributed by atoms with E-state index in [0.29, 0.717) is 24.9 Å². The van der Waals surface area contributed by atoms with Crippen LogP contribution in [-0.2, 0) is 4.74 Å². The normalized spacial score (nSPS) is 18.9. The molecule has 7 nitrogen and oxygen atoms in total. The molecule has 1 atom stereocenters. The molecule has 2 rings (SSSR count). The van der Waals surface area contributed by atoms with Crippen molar-refractivity contribution in [1.82, 2.24) is 14.9 Å². The molecule has 19 heavy (non-hydrogen) atoms. The molecule has 0 aliphatic carbocycles. The van der Waals surface area contributed by atoms with Crippen LogP contribution in [-0.4, -0.2) is 47.6 Å². The third kappa shape index (κ3) is 3.62. The smallest absolute Gasteiger partial charge is 0.273 e. The zero-order chi connectivity index (χ0) is 13.7. The highest BCUT2D eigenvalue weighted by atomic mass is 16.5. The monoisotopic (exact) mass is 265 g/mol. The minimum Gasteiger partial charge on any atom is -0.381 e. The Morgan fingerprint density at radius 1 is 1.63 bits per heavy atom. The number of rotatable bonds is 4. The summed E-state index contributed by atoms with van der Waals surface area (Å²) in [6.07, 6.45) is 5.05. The summed E-state index contributed by atoms with van der Waals surface area (Å²) in [6.45, 7) is 2.21. The van der Waals surface area contributed by atoms with Gasteiger partial charge in [0.1, 0.15) is 5.69 Å².